The number of amides is 1. The topological polar surface area (TPSA) is 75.6 Å². The third-order valence-corrected chi connectivity index (χ3v) is 6.35. The molecule has 0 bridgehead atoms. The normalized spacial score (nSPS) is 16.3. The second-order valence-corrected chi connectivity index (χ2v) is 8.27. The number of carboxylic acids is 1. The predicted octanol–water partition coefficient (Wildman–Crippen LogP) is 4.64. The van der Waals surface area contributed by atoms with E-state index in [0.29, 0.717) is 18.7 Å². The molecule has 1 atom stereocenters. The zero-order chi connectivity index (χ0) is 21.4. The van der Waals surface area contributed by atoms with Gasteiger partial charge < -0.3 is 15.2 Å². The van der Waals surface area contributed by atoms with Gasteiger partial charge in [-0.3, -0.25) is 0 Å². The number of carbonyl (C=O) groups excluding carboxylic acids is 1. The van der Waals surface area contributed by atoms with Crippen LogP contribution >= 0.6 is 0 Å². The van der Waals surface area contributed by atoms with E-state index in [4.69, 9.17) is 9.84 Å². The summed E-state index contributed by atoms with van der Waals surface area (Å²) in [5, 5.41) is 12.0. The summed E-state index contributed by atoms with van der Waals surface area (Å²) in [4.78, 5) is 23.5. The maximum absolute atomic E-state index is 12.4. The summed E-state index contributed by atoms with van der Waals surface area (Å²) >= 11 is 0. The molecule has 1 unspecified atom stereocenters. The van der Waals surface area contributed by atoms with E-state index in [1.807, 2.05) is 30.3 Å². The molecule has 0 fully saturated rings. The molecule has 0 spiro atoms. The van der Waals surface area contributed by atoms with Crippen LogP contribution in [0.25, 0.3) is 11.1 Å². The third kappa shape index (κ3) is 3.67. The largest absolute Gasteiger partial charge is 0.478 e. The first-order valence-electron chi connectivity index (χ1n) is 10.5. The van der Waals surface area contributed by atoms with Gasteiger partial charge in [-0.1, -0.05) is 54.6 Å². The van der Waals surface area contributed by atoms with E-state index < -0.39 is 12.1 Å². The van der Waals surface area contributed by atoms with Crippen LogP contribution in [0.1, 0.15) is 38.5 Å². The third-order valence-electron chi connectivity index (χ3n) is 6.35. The molecule has 1 amide bonds. The van der Waals surface area contributed by atoms with Crippen molar-refractivity contribution >= 4 is 12.1 Å². The first-order valence-corrected chi connectivity index (χ1v) is 10.5. The van der Waals surface area contributed by atoms with E-state index in [2.05, 4.69) is 29.6 Å². The number of fused-ring (bicyclic) bond motifs is 4. The highest BCUT2D eigenvalue weighted by molar-refractivity contribution is 5.88. The highest BCUT2D eigenvalue weighted by atomic mass is 16.5. The summed E-state index contributed by atoms with van der Waals surface area (Å²) in [7, 11) is 0. The maximum atomic E-state index is 12.4. The lowest BCUT2D eigenvalue weighted by atomic mass is 9.98. The molecule has 0 aliphatic heterocycles. The molecule has 2 aliphatic carbocycles. The minimum Gasteiger partial charge on any atom is -0.478 e. The van der Waals surface area contributed by atoms with Crippen LogP contribution in [0.3, 0.4) is 0 Å². The van der Waals surface area contributed by atoms with Crippen LogP contribution in [-0.2, 0) is 17.6 Å². The summed E-state index contributed by atoms with van der Waals surface area (Å²) in [5.74, 6) is -0.620. The van der Waals surface area contributed by atoms with E-state index >= 15 is 0 Å². The molecule has 5 rings (SSSR count). The van der Waals surface area contributed by atoms with Crippen molar-refractivity contribution in [2.45, 2.75) is 18.8 Å². The number of hydrogen-bond donors (Lipinski definition) is 2. The Bertz CT molecular complexity index is 1120. The van der Waals surface area contributed by atoms with Gasteiger partial charge in [-0.2, -0.15) is 0 Å². The van der Waals surface area contributed by atoms with Gasteiger partial charge in [0.25, 0.3) is 0 Å². The molecule has 3 aromatic rings. The SMILES string of the molecule is O=C(NCC1Cc2ccc(C(=O)O)cc2C1)OCC1c2ccccc2-c2ccccc21. The molecule has 2 N–H and O–H groups in total. The maximum Gasteiger partial charge on any atom is 0.407 e. The average molecular weight is 413 g/mol. The highest BCUT2D eigenvalue weighted by Gasteiger charge is 2.29. The van der Waals surface area contributed by atoms with Crippen LogP contribution in [0.15, 0.2) is 66.7 Å². The molecule has 0 saturated carbocycles. The van der Waals surface area contributed by atoms with Gasteiger partial charge in [-0.15, -0.1) is 0 Å². The fourth-order valence-corrected chi connectivity index (χ4v) is 4.86. The van der Waals surface area contributed by atoms with Crippen molar-refractivity contribution in [3.8, 4) is 11.1 Å². The number of alkyl carbamates (subject to hydrolysis) is 1. The molecule has 31 heavy (non-hydrogen) atoms. The van der Waals surface area contributed by atoms with Crippen LogP contribution in [0, 0.1) is 5.92 Å². The average Bonchev–Trinajstić information content (AvgIpc) is 3.34. The molecule has 0 heterocycles. The molecule has 5 nitrogen and oxygen atoms in total. The first-order chi connectivity index (χ1) is 15.1. The van der Waals surface area contributed by atoms with E-state index in [9.17, 15) is 9.59 Å². The number of carbonyl (C=O) groups is 2. The van der Waals surface area contributed by atoms with Crippen molar-refractivity contribution in [2.75, 3.05) is 13.2 Å². The molecule has 0 saturated heterocycles. The highest BCUT2D eigenvalue weighted by Crippen LogP contribution is 2.44. The summed E-state index contributed by atoms with van der Waals surface area (Å²) < 4.78 is 5.60. The van der Waals surface area contributed by atoms with Crippen LogP contribution in [-0.4, -0.2) is 30.3 Å². The van der Waals surface area contributed by atoms with E-state index in [-0.39, 0.29) is 11.8 Å². The summed E-state index contributed by atoms with van der Waals surface area (Å²) in [6, 6.07) is 21.8. The Kier molecular flexibility index (Phi) is 4.94. The first kappa shape index (κ1) is 19.4. The Balaban J connectivity index is 1.18. The Hall–Kier alpha value is -3.60. The fourth-order valence-electron chi connectivity index (χ4n) is 4.86. The Morgan fingerprint density at radius 2 is 1.55 bits per heavy atom. The Labute approximate surface area is 180 Å². The molecule has 0 radical (unpaired) electrons. The summed E-state index contributed by atoms with van der Waals surface area (Å²) in [5.41, 5.74) is 7.31. The van der Waals surface area contributed by atoms with Gasteiger partial charge in [0.2, 0.25) is 0 Å². The van der Waals surface area contributed by atoms with Gasteiger partial charge in [-0.05, 0) is 64.3 Å². The molecule has 2 aliphatic rings. The van der Waals surface area contributed by atoms with Crippen LogP contribution < -0.4 is 5.32 Å². The van der Waals surface area contributed by atoms with Crippen molar-refractivity contribution in [1.29, 1.82) is 0 Å². The fraction of sp³-hybridized carbons (Fsp3) is 0.231. The Morgan fingerprint density at radius 1 is 0.903 bits per heavy atom. The smallest absolute Gasteiger partial charge is 0.407 e. The van der Waals surface area contributed by atoms with Crippen molar-refractivity contribution in [3.63, 3.8) is 0 Å². The van der Waals surface area contributed by atoms with E-state index in [1.165, 1.54) is 22.3 Å². The minimum atomic E-state index is -0.914. The number of ether oxygens (including phenoxy) is 1. The standard InChI is InChI=1S/C26H23NO4/c28-25(29)18-10-9-17-11-16(12-19(17)13-18)14-27-26(30)31-15-24-22-7-3-1-5-20(22)21-6-2-4-8-23(21)24/h1-10,13,16,24H,11-12,14-15H2,(H,27,30)(H,28,29). The molecular weight excluding hydrogens is 390 g/mol. The van der Waals surface area contributed by atoms with Gasteiger partial charge in [0.05, 0.1) is 5.56 Å². The predicted molar refractivity (Wildman–Crippen MR) is 117 cm³/mol. The molecule has 5 heteroatoms. The lowest BCUT2D eigenvalue weighted by molar-refractivity contribution is 0.0696. The van der Waals surface area contributed by atoms with Crippen molar-refractivity contribution in [1.82, 2.24) is 5.32 Å². The number of benzene rings is 3. The molecule has 156 valence electrons. The molecule has 3 aromatic carbocycles. The summed E-state index contributed by atoms with van der Waals surface area (Å²) in [6.07, 6.45) is 1.18. The van der Waals surface area contributed by atoms with Crippen molar-refractivity contribution in [3.05, 3.63) is 94.5 Å². The van der Waals surface area contributed by atoms with Crippen molar-refractivity contribution < 1.29 is 19.4 Å². The number of aromatic carboxylic acids is 1. The lowest BCUT2D eigenvalue weighted by Crippen LogP contribution is -2.31. The van der Waals surface area contributed by atoms with Gasteiger partial charge in [-0.25, -0.2) is 9.59 Å². The van der Waals surface area contributed by atoms with Crippen molar-refractivity contribution in [2.24, 2.45) is 5.92 Å². The number of nitrogens with one attached hydrogen (secondary N) is 1. The van der Waals surface area contributed by atoms with Crippen LogP contribution in [0.5, 0.6) is 0 Å². The number of rotatable bonds is 5. The van der Waals surface area contributed by atoms with Crippen LogP contribution in [0.4, 0.5) is 4.79 Å². The minimum absolute atomic E-state index is 0.0447. The lowest BCUT2D eigenvalue weighted by Gasteiger charge is -2.15. The second kappa shape index (κ2) is 7.91. The monoisotopic (exact) mass is 413 g/mol. The van der Waals surface area contributed by atoms with Crippen LogP contribution in [0.2, 0.25) is 0 Å². The Morgan fingerprint density at radius 3 is 2.23 bits per heavy atom. The summed E-state index contributed by atoms with van der Waals surface area (Å²) in [6.45, 7) is 0.806. The molecule has 0 aromatic heterocycles. The zero-order valence-corrected chi connectivity index (χ0v) is 17.0. The quantitative estimate of drug-likeness (QED) is 0.639. The van der Waals surface area contributed by atoms with E-state index in [1.54, 1.807) is 12.1 Å². The van der Waals surface area contributed by atoms with Gasteiger partial charge >= 0.3 is 12.1 Å². The van der Waals surface area contributed by atoms with Gasteiger partial charge in [0.15, 0.2) is 0 Å². The number of hydrogen-bond acceptors (Lipinski definition) is 3. The van der Waals surface area contributed by atoms with Gasteiger partial charge in [0.1, 0.15) is 6.61 Å². The van der Waals surface area contributed by atoms with E-state index in [0.717, 1.165) is 24.0 Å². The second-order valence-electron chi connectivity index (χ2n) is 8.27. The van der Waals surface area contributed by atoms with Gasteiger partial charge in [0, 0.05) is 12.5 Å². The number of carboxylic acid groups (broad SMARTS) is 1. The zero-order valence-electron chi connectivity index (χ0n) is 17.0. The molecular formula is C26H23NO4.